The largest absolute Gasteiger partial charge is 0.384 e. The molecule has 2 unspecified atom stereocenters. The summed E-state index contributed by atoms with van der Waals surface area (Å²) in [4.78, 5) is 61.9. The van der Waals surface area contributed by atoms with Crippen molar-refractivity contribution < 1.29 is 62.3 Å². The second-order valence-electron chi connectivity index (χ2n) is 29.2. The highest BCUT2D eigenvalue weighted by Gasteiger charge is 2.37. The van der Waals surface area contributed by atoms with E-state index in [9.17, 15) is 57.6 Å². The molecule has 29 heteroatoms. The number of sulfonamides is 1. The van der Waals surface area contributed by atoms with Gasteiger partial charge in [-0.3, -0.25) is 19.4 Å². The molecule has 2 atom stereocenters. The molecule has 6 saturated heterocycles. The SMILES string of the molecule is CCNS(=O)(=O)N1CCC(c2c[nH]c3ccccc23)CC1.CS(=O)(=O)N1CCC(C2CNc3cc(F)ccc32)CC1.O=C(C(F)F)N1CCC(c2c[nH]c3cc(F)ccc23)CC1.O=C(C1CCOC1)N1CCC(c2c[nH]c3cc(F)ccc23)CC1.O=C(c1cnccn1)N1CCC(c2c[nH]c3cc(F)ccc23)CC1. The summed E-state index contributed by atoms with van der Waals surface area (Å²) in [6, 6.07) is 27.5. The van der Waals surface area contributed by atoms with Crippen molar-refractivity contribution in [3.05, 3.63) is 197 Å². The van der Waals surface area contributed by atoms with E-state index in [0.717, 1.165) is 127 Å². The van der Waals surface area contributed by atoms with Crippen LogP contribution >= 0.6 is 0 Å². The molecular formula is C80H93F6N13O8S2. The second-order valence-corrected chi connectivity index (χ2v) is 32.9. The summed E-state index contributed by atoms with van der Waals surface area (Å²) in [5, 5.41) is 7.63. The Kier molecular flexibility index (Phi) is 24.9. The van der Waals surface area contributed by atoms with Crippen LogP contribution in [0.3, 0.4) is 0 Å². The van der Waals surface area contributed by atoms with Crippen molar-refractivity contribution in [1.29, 1.82) is 0 Å². The van der Waals surface area contributed by atoms with E-state index in [0.29, 0.717) is 120 Å². The predicted molar refractivity (Wildman–Crippen MR) is 408 cm³/mol. The predicted octanol–water partition coefficient (Wildman–Crippen LogP) is 13.7. The molecule has 6 N–H and O–H groups in total. The molecule has 0 spiro atoms. The maximum Gasteiger partial charge on any atom is 0.315 e. The first-order valence-electron chi connectivity index (χ1n) is 37.6. The van der Waals surface area contributed by atoms with E-state index in [-0.39, 0.29) is 46.9 Å². The standard InChI is InChI=1S/C18H17FN4O.C18H21FN2O2.C15H15F3N2O.C15H21N3O2S.C14H19FN2O2S/c19-13-1-2-14-15(10-22-16(14)9-13)12-3-7-23(8-4-12)18(24)17-11-20-5-6-21-17;19-14-1-2-15-16(10-20-17(15)9-14)12-3-6-21(7-4-12)18(22)13-5-8-23-11-13;16-10-1-2-11-12(8-19-13(11)7-10)9-3-5-20(6-4-9)15(21)14(17)18;1-2-17-21(19,20)18-9-7-12(8-10-18)14-11-16-15-6-4-3-5-13(14)15;1-20(18,19)17-6-4-10(5-7-17)13-9-16-14-8-11(15)2-3-12(13)14/h1-2,5-6,9-12,22H,3-4,7-8H2;1-2,9-10,12-13,20H,3-8,11H2;1-2,7-9,14,19H,3-6H2;3-6,11-12,16-17H,2,7-10H2,1H3;2-3,8,10,13,16H,4-7,9H2,1H3. The van der Waals surface area contributed by atoms with Crippen molar-refractivity contribution in [1.82, 2.24) is 57.9 Å². The van der Waals surface area contributed by atoms with Crippen LogP contribution in [-0.2, 0) is 34.6 Å². The number of para-hydroxylation sites is 1. The van der Waals surface area contributed by atoms with Crippen molar-refractivity contribution in [3.8, 4) is 0 Å². The summed E-state index contributed by atoms with van der Waals surface area (Å²) in [6.45, 7) is 10.3. The Morgan fingerprint density at radius 3 is 1.47 bits per heavy atom. The number of anilines is 1. The highest BCUT2D eigenvalue weighted by atomic mass is 32.2. The lowest BCUT2D eigenvalue weighted by molar-refractivity contribution is -0.143. The molecule has 109 heavy (non-hydrogen) atoms. The van der Waals surface area contributed by atoms with Gasteiger partial charge in [-0.25, -0.2) is 40.0 Å². The molecule has 0 aliphatic carbocycles. The van der Waals surface area contributed by atoms with Gasteiger partial charge in [0.25, 0.3) is 22.0 Å². The third kappa shape index (κ3) is 18.5. The molecule has 21 nitrogen and oxygen atoms in total. The first-order chi connectivity index (χ1) is 52.6. The number of halogens is 6. The molecule has 7 aliphatic rings. The monoisotopic (exact) mass is 1540 g/mol. The van der Waals surface area contributed by atoms with Gasteiger partial charge in [0.15, 0.2) is 0 Å². The number of rotatable bonds is 12. The van der Waals surface area contributed by atoms with E-state index in [1.807, 2.05) is 58.7 Å². The Morgan fingerprint density at radius 2 is 0.991 bits per heavy atom. The summed E-state index contributed by atoms with van der Waals surface area (Å²) in [7, 11) is -6.36. The number of carbonyl (C=O) groups excluding carboxylic acids is 3. The third-order valence-electron chi connectivity index (χ3n) is 22.6. The van der Waals surface area contributed by atoms with Crippen LogP contribution in [0.25, 0.3) is 43.6 Å². The molecule has 7 aliphatic heterocycles. The molecule has 17 rings (SSSR count). The number of aromatic amines is 4. The third-order valence-corrected chi connectivity index (χ3v) is 25.6. The van der Waals surface area contributed by atoms with Crippen molar-refractivity contribution in [2.75, 3.05) is 103 Å². The average molecular weight is 1540 g/mol. The van der Waals surface area contributed by atoms with Crippen LogP contribution in [0.15, 0.2) is 140 Å². The number of nitrogens with zero attached hydrogens (tertiary/aromatic N) is 7. The number of H-pyrrole nitrogens is 4. The Morgan fingerprint density at radius 1 is 0.532 bits per heavy atom. The molecule has 5 aromatic carbocycles. The number of hydrogen-bond acceptors (Lipinski definition) is 11. The lowest BCUT2D eigenvalue weighted by Crippen LogP contribution is -2.44. The van der Waals surface area contributed by atoms with Gasteiger partial charge in [-0.15, -0.1) is 0 Å². The summed E-state index contributed by atoms with van der Waals surface area (Å²) in [6.07, 6.45) is 20.1. The Bertz CT molecular complexity index is 5020. The average Bonchev–Trinajstić information content (AvgIpc) is 1.64. The molecule has 580 valence electrons. The molecule has 0 radical (unpaired) electrons. The van der Waals surface area contributed by atoms with Gasteiger partial charge in [0.1, 0.15) is 29.0 Å². The number of hydrogen-bond donors (Lipinski definition) is 6. The molecule has 3 amide bonds. The molecule has 5 aromatic heterocycles. The molecular weight excluding hydrogens is 1450 g/mol. The smallest absolute Gasteiger partial charge is 0.315 e. The second kappa shape index (κ2) is 34.8. The zero-order valence-corrected chi connectivity index (χ0v) is 62.7. The zero-order valence-electron chi connectivity index (χ0n) is 61.1. The lowest BCUT2D eigenvalue weighted by atomic mass is 9.81. The Hall–Kier alpha value is -9.13. The summed E-state index contributed by atoms with van der Waals surface area (Å²) in [5.41, 5.74) is 10.8. The first-order valence-corrected chi connectivity index (χ1v) is 40.9. The number of carbonyl (C=O) groups is 3. The van der Waals surface area contributed by atoms with E-state index in [4.69, 9.17) is 4.74 Å². The van der Waals surface area contributed by atoms with Gasteiger partial charge in [-0.2, -0.15) is 21.5 Å². The lowest BCUT2D eigenvalue weighted by Gasteiger charge is -2.33. The summed E-state index contributed by atoms with van der Waals surface area (Å²) >= 11 is 0. The topological polar surface area (TPSA) is 258 Å². The van der Waals surface area contributed by atoms with Gasteiger partial charge < -0.3 is 44.7 Å². The molecule has 0 bridgehead atoms. The number of aromatic nitrogens is 6. The zero-order chi connectivity index (χ0) is 76.5. The van der Waals surface area contributed by atoms with Crippen LogP contribution in [0.5, 0.6) is 0 Å². The first kappa shape index (κ1) is 78.0. The number of piperidine rings is 5. The van der Waals surface area contributed by atoms with Gasteiger partial charge in [-0.05, 0) is 201 Å². The maximum atomic E-state index is 13.3. The van der Waals surface area contributed by atoms with Gasteiger partial charge >= 0.3 is 6.43 Å². The van der Waals surface area contributed by atoms with E-state index in [1.54, 1.807) is 33.9 Å². The van der Waals surface area contributed by atoms with Crippen molar-refractivity contribution >= 4 is 87.3 Å². The quantitative estimate of drug-likeness (QED) is 0.0627. The fraction of sp³-hybridized carbons (Fsp3) is 0.438. The fourth-order valence-corrected chi connectivity index (χ4v) is 18.9. The van der Waals surface area contributed by atoms with E-state index in [2.05, 4.69) is 58.3 Å². The number of ether oxygens (including phenoxy) is 1. The number of amides is 3. The van der Waals surface area contributed by atoms with Crippen LogP contribution in [-0.4, -0.2) is 192 Å². The van der Waals surface area contributed by atoms with E-state index >= 15 is 0 Å². The number of benzene rings is 5. The highest BCUT2D eigenvalue weighted by molar-refractivity contribution is 7.88. The Labute approximate surface area is 630 Å². The maximum absolute atomic E-state index is 13.3. The molecule has 12 heterocycles. The normalized spacial score (nSPS) is 19.6. The number of alkyl halides is 2. The van der Waals surface area contributed by atoms with E-state index < -0.39 is 32.6 Å². The highest BCUT2D eigenvalue weighted by Crippen LogP contribution is 2.43. The van der Waals surface area contributed by atoms with Gasteiger partial charge in [0, 0.05) is 178 Å². The van der Waals surface area contributed by atoms with Crippen LogP contribution in [0, 0.1) is 35.1 Å². The van der Waals surface area contributed by atoms with Gasteiger partial charge in [0.05, 0.1) is 25.0 Å². The minimum atomic E-state index is -3.29. The van der Waals surface area contributed by atoms with Crippen LogP contribution in [0.1, 0.15) is 145 Å². The minimum Gasteiger partial charge on any atom is -0.384 e. The van der Waals surface area contributed by atoms with Crippen LogP contribution in [0.2, 0.25) is 0 Å². The number of fused-ring (bicyclic) bond motifs is 5. The summed E-state index contributed by atoms with van der Waals surface area (Å²) < 4.78 is 136. The molecule has 10 aromatic rings. The summed E-state index contributed by atoms with van der Waals surface area (Å²) in [5.74, 6) is 0.442. The van der Waals surface area contributed by atoms with Crippen LogP contribution < -0.4 is 10.0 Å². The number of nitrogens with one attached hydrogen (secondary N) is 6. The van der Waals surface area contributed by atoms with Crippen molar-refractivity contribution in [3.63, 3.8) is 0 Å². The van der Waals surface area contributed by atoms with Crippen LogP contribution in [0.4, 0.5) is 32.0 Å². The van der Waals surface area contributed by atoms with Gasteiger partial charge in [0.2, 0.25) is 15.9 Å². The Balaban J connectivity index is 0.000000120. The minimum absolute atomic E-state index is 0.0580. The van der Waals surface area contributed by atoms with Crippen molar-refractivity contribution in [2.24, 2.45) is 11.8 Å². The fourth-order valence-electron chi connectivity index (χ4n) is 16.8. The number of likely N-dealkylation sites (tertiary alicyclic amines) is 3. The van der Waals surface area contributed by atoms with Gasteiger partial charge in [-0.1, -0.05) is 31.2 Å². The van der Waals surface area contributed by atoms with Crippen molar-refractivity contribution in [2.45, 2.75) is 114 Å². The van der Waals surface area contributed by atoms with E-state index in [1.165, 1.54) is 93.7 Å². The molecule has 0 saturated carbocycles. The molecule has 6 fully saturated rings.